The third-order valence-electron chi connectivity index (χ3n) is 6.66. The molecule has 0 atom stereocenters. The third kappa shape index (κ3) is 4.35. The molecular weight excluding hydrogens is 463 g/mol. The third-order valence-corrected chi connectivity index (χ3v) is 6.66. The fourth-order valence-electron chi connectivity index (χ4n) is 4.68. The van der Waals surface area contributed by atoms with Gasteiger partial charge in [-0.25, -0.2) is 4.39 Å². The summed E-state index contributed by atoms with van der Waals surface area (Å²) in [5.41, 5.74) is 2.34. The minimum Gasteiger partial charge on any atom is -0.507 e. The van der Waals surface area contributed by atoms with Gasteiger partial charge in [-0.15, -0.1) is 0 Å². The maximum Gasteiger partial charge on any atom is 0.200 e. The van der Waals surface area contributed by atoms with Gasteiger partial charge in [0.15, 0.2) is 11.5 Å². The molecule has 3 aromatic carbocycles. The maximum atomic E-state index is 14.2. The summed E-state index contributed by atoms with van der Waals surface area (Å²) in [6.45, 7) is 3.07. The number of rotatable bonds is 6. The van der Waals surface area contributed by atoms with Crippen LogP contribution in [0.15, 0.2) is 70.1 Å². The molecule has 1 aromatic heterocycles. The monoisotopic (exact) mass is 490 g/mol. The van der Waals surface area contributed by atoms with Crippen molar-refractivity contribution >= 4 is 16.7 Å². The molecule has 5 rings (SSSR count). The second-order valence-electron chi connectivity index (χ2n) is 8.70. The van der Waals surface area contributed by atoms with Crippen LogP contribution >= 0.6 is 0 Å². The zero-order valence-electron chi connectivity index (χ0n) is 20.2. The number of methoxy groups -OCH3 is 2. The normalized spacial score (nSPS) is 14.2. The second kappa shape index (κ2) is 9.91. The summed E-state index contributed by atoms with van der Waals surface area (Å²) in [7, 11) is 3.09. The molecule has 0 aliphatic carbocycles. The Morgan fingerprint density at radius 2 is 1.72 bits per heavy atom. The van der Waals surface area contributed by atoms with Gasteiger partial charge in [-0.05, 0) is 42.0 Å². The van der Waals surface area contributed by atoms with Gasteiger partial charge in [0, 0.05) is 32.7 Å². The Labute approximate surface area is 207 Å². The van der Waals surface area contributed by atoms with E-state index in [-0.39, 0.29) is 17.0 Å². The van der Waals surface area contributed by atoms with Crippen LogP contribution in [0.1, 0.15) is 5.56 Å². The Morgan fingerprint density at radius 3 is 2.44 bits per heavy atom. The highest BCUT2D eigenvalue weighted by Crippen LogP contribution is 2.33. The SMILES string of the molecule is COc1ccc(-c2coc3c(CN4CCN(c5ccccc5F)CC4)c(O)ccc3c2=O)cc1OC. The van der Waals surface area contributed by atoms with Crippen LogP contribution in [0.2, 0.25) is 0 Å². The summed E-state index contributed by atoms with van der Waals surface area (Å²) in [6, 6.07) is 15.1. The number of fused-ring (bicyclic) bond motifs is 1. The summed E-state index contributed by atoms with van der Waals surface area (Å²) < 4.78 is 30.8. The Morgan fingerprint density at radius 1 is 0.972 bits per heavy atom. The molecule has 1 saturated heterocycles. The average Bonchev–Trinajstić information content (AvgIpc) is 2.91. The first kappa shape index (κ1) is 23.7. The minimum absolute atomic E-state index is 0.0704. The fraction of sp³-hybridized carbons (Fsp3) is 0.250. The number of aromatic hydroxyl groups is 1. The minimum atomic E-state index is -0.232. The largest absolute Gasteiger partial charge is 0.507 e. The summed E-state index contributed by atoms with van der Waals surface area (Å²) in [6.07, 6.45) is 1.42. The number of ether oxygens (including phenoxy) is 2. The average molecular weight is 491 g/mol. The molecule has 1 N–H and O–H groups in total. The zero-order valence-corrected chi connectivity index (χ0v) is 20.2. The molecule has 7 nitrogen and oxygen atoms in total. The lowest BCUT2D eigenvalue weighted by molar-refractivity contribution is 0.246. The molecule has 0 amide bonds. The van der Waals surface area contributed by atoms with Crippen LogP contribution in [-0.4, -0.2) is 50.4 Å². The van der Waals surface area contributed by atoms with E-state index in [1.807, 2.05) is 11.0 Å². The number of hydrogen-bond donors (Lipinski definition) is 1. The number of para-hydroxylation sites is 1. The predicted molar refractivity (Wildman–Crippen MR) is 137 cm³/mol. The standard InChI is InChI=1S/C28H27FN2O5/c1-34-25-10-7-18(15-26(25)35-2)21-17-36-28-19(27(21)33)8-9-24(32)20(28)16-30-11-13-31(14-12-30)23-6-4-3-5-22(23)29/h3-10,15,17,32H,11-14,16H2,1-2H3. The number of phenols is 1. The van der Waals surface area contributed by atoms with Crippen LogP contribution in [0.4, 0.5) is 10.1 Å². The van der Waals surface area contributed by atoms with Crippen molar-refractivity contribution < 1.29 is 23.4 Å². The molecule has 0 saturated carbocycles. The molecule has 186 valence electrons. The molecule has 0 unspecified atom stereocenters. The van der Waals surface area contributed by atoms with E-state index in [0.29, 0.717) is 77.6 Å². The number of anilines is 1. The molecule has 1 aliphatic rings. The van der Waals surface area contributed by atoms with E-state index in [2.05, 4.69) is 4.90 Å². The lowest BCUT2D eigenvalue weighted by Crippen LogP contribution is -2.46. The zero-order chi connectivity index (χ0) is 25.2. The highest BCUT2D eigenvalue weighted by Gasteiger charge is 2.23. The van der Waals surface area contributed by atoms with Crippen LogP contribution in [0.5, 0.6) is 17.2 Å². The lowest BCUT2D eigenvalue weighted by atomic mass is 10.0. The van der Waals surface area contributed by atoms with E-state index in [1.54, 1.807) is 43.5 Å². The van der Waals surface area contributed by atoms with Gasteiger partial charge in [-0.3, -0.25) is 9.69 Å². The van der Waals surface area contributed by atoms with Crippen LogP contribution in [0, 0.1) is 5.82 Å². The number of phenolic OH excluding ortho intramolecular Hbond substituents is 1. The molecule has 8 heteroatoms. The number of benzene rings is 3. The molecule has 36 heavy (non-hydrogen) atoms. The predicted octanol–water partition coefficient (Wildman–Crippen LogP) is 4.64. The first-order chi connectivity index (χ1) is 17.5. The van der Waals surface area contributed by atoms with Gasteiger partial charge >= 0.3 is 0 Å². The van der Waals surface area contributed by atoms with Crippen molar-refractivity contribution in [3.63, 3.8) is 0 Å². The van der Waals surface area contributed by atoms with E-state index >= 15 is 0 Å². The van der Waals surface area contributed by atoms with Crippen molar-refractivity contribution in [2.75, 3.05) is 45.3 Å². The molecule has 0 radical (unpaired) electrons. The van der Waals surface area contributed by atoms with E-state index in [9.17, 15) is 14.3 Å². The van der Waals surface area contributed by atoms with Gasteiger partial charge < -0.3 is 23.9 Å². The quantitative estimate of drug-likeness (QED) is 0.422. The van der Waals surface area contributed by atoms with Crippen molar-refractivity contribution in [2.45, 2.75) is 6.54 Å². The summed E-state index contributed by atoms with van der Waals surface area (Å²) in [5.74, 6) is 0.912. The van der Waals surface area contributed by atoms with Gasteiger partial charge in [0.2, 0.25) is 5.43 Å². The fourth-order valence-corrected chi connectivity index (χ4v) is 4.68. The van der Waals surface area contributed by atoms with Crippen molar-refractivity contribution in [1.29, 1.82) is 0 Å². The molecule has 1 aliphatic heterocycles. The summed E-state index contributed by atoms with van der Waals surface area (Å²) in [5, 5.41) is 11.0. The number of halogens is 1. The maximum absolute atomic E-state index is 14.2. The summed E-state index contributed by atoms with van der Waals surface area (Å²) >= 11 is 0. The van der Waals surface area contributed by atoms with Crippen molar-refractivity contribution in [2.24, 2.45) is 0 Å². The first-order valence-corrected chi connectivity index (χ1v) is 11.7. The Hall–Kier alpha value is -4.04. The van der Waals surface area contributed by atoms with Crippen LogP contribution < -0.4 is 19.8 Å². The smallest absolute Gasteiger partial charge is 0.200 e. The van der Waals surface area contributed by atoms with Crippen LogP contribution in [-0.2, 0) is 6.54 Å². The van der Waals surface area contributed by atoms with Gasteiger partial charge in [0.25, 0.3) is 0 Å². The molecule has 0 bridgehead atoms. The molecule has 1 fully saturated rings. The van der Waals surface area contributed by atoms with E-state index < -0.39 is 0 Å². The van der Waals surface area contributed by atoms with Gasteiger partial charge in [0.1, 0.15) is 23.4 Å². The topological polar surface area (TPSA) is 75.4 Å². The van der Waals surface area contributed by atoms with Gasteiger partial charge in [0.05, 0.1) is 36.4 Å². The lowest BCUT2D eigenvalue weighted by Gasteiger charge is -2.36. The molecule has 2 heterocycles. The summed E-state index contributed by atoms with van der Waals surface area (Å²) in [4.78, 5) is 17.6. The van der Waals surface area contributed by atoms with Crippen LogP contribution in [0.3, 0.4) is 0 Å². The van der Waals surface area contributed by atoms with Gasteiger partial charge in [-0.2, -0.15) is 0 Å². The number of hydrogen-bond acceptors (Lipinski definition) is 7. The van der Waals surface area contributed by atoms with Gasteiger partial charge in [-0.1, -0.05) is 18.2 Å². The Balaban J connectivity index is 1.41. The second-order valence-corrected chi connectivity index (χ2v) is 8.70. The van der Waals surface area contributed by atoms with Crippen molar-refractivity contribution in [1.82, 2.24) is 4.90 Å². The van der Waals surface area contributed by atoms with E-state index in [0.717, 1.165) is 0 Å². The Bertz CT molecular complexity index is 1460. The molecule has 4 aromatic rings. The number of nitrogens with zero attached hydrogens (tertiary/aromatic N) is 2. The van der Waals surface area contributed by atoms with Crippen molar-refractivity contribution in [3.05, 3.63) is 82.5 Å². The highest BCUT2D eigenvalue weighted by atomic mass is 19.1. The van der Waals surface area contributed by atoms with Crippen molar-refractivity contribution in [3.8, 4) is 28.4 Å². The first-order valence-electron chi connectivity index (χ1n) is 11.7. The highest BCUT2D eigenvalue weighted by molar-refractivity contribution is 5.86. The van der Waals surface area contributed by atoms with Crippen LogP contribution in [0.25, 0.3) is 22.1 Å². The molecular formula is C28H27FN2O5. The molecule has 0 spiro atoms. The number of piperazine rings is 1. The van der Waals surface area contributed by atoms with E-state index in [1.165, 1.54) is 25.5 Å². The Kier molecular flexibility index (Phi) is 6.52. The van der Waals surface area contributed by atoms with E-state index in [4.69, 9.17) is 13.9 Å².